The van der Waals surface area contributed by atoms with E-state index in [1.165, 1.54) is 86.7 Å². The van der Waals surface area contributed by atoms with Crippen LogP contribution in [-0.4, -0.2) is 289 Å². The van der Waals surface area contributed by atoms with Gasteiger partial charge in [0.05, 0.1) is 45.2 Å². The second kappa shape index (κ2) is 41.1. The summed E-state index contributed by atoms with van der Waals surface area (Å²) in [6, 6.07) is -14.7. The molecule has 2 fully saturated rings. The molecular weight excluding hydrogens is 1250 g/mol. The van der Waals surface area contributed by atoms with Crippen LogP contribution in [0.3, 0.4) is 0 Å². The van der Waals surface area contributed by atoms with Crippen LogP contribution in [0.5, 0.6) is 0 Å². The van der Waals surface area contributed by atoms with E-state index in [0.717, 1.165) is 9.80 Å². The van der Waals surface area contributed by atoms with Crippen molar-refractivity contribution in [1.29, 1.82) is 0 Å². The highest BCUT2D eigenvalue weighted by molar-refractivity contribution is 6.00. The molecular formula is C70H124N12O15. The first-order valence-electron chi connectivity index (χ1n) is 34.8. The monoisotopic (exact) mass is 1370 g/mol. The zero-order chi connectivity index (χ0) is 74.2. The van der Waals surface area contributed by atoms with E-state index >= 15 is 38.4 Å². The first-order chi connectivity index (χ1) is 45.3. The Labute approximate surface area is 579 Å². The molecule has 11 amide bonds. The lowest BCUT2D eigenvalue weighted by Crippen LogP contribution is -2.65. The van der Waals surface area contributed by atoms with Crippen LogP contribution in [0, 0.1) is 35.5 Å². The number of morpholine rings is 1. The molecule has 2 rings (SSSR count). The number of amides is 11. The lowest BCUT2D eigenvalue weighted by atomic mass is 9.93. The van der Waals surface area contributed by atoms with Gasteiger partial charge in [0.2, 0.25) is 65.0 Å². The fraction of sp³-hybridized carbons (Fsp3) is 0.786. The lowest BCUT2D eigenvalue weighted by Gasteiger charge is -2.41. The van der Waals surface area contributed by atoms with E-state index in [1.807, 2.05) is 41.5 Å². The second-order valence-electron chi connectivity index (χ2n) is 28.2. The van der Waals surface area contributed by atoms with Gasteiger partial charge in [-0.05, 0) is 89.9 Å². The van der Waals surface area contributed by atoms with E-state index in [9.17, 15) is 19.5 Å². The predicted octanol–water partition coefficient (Wildman–Crippen LogP) is 2.53. The first kappa shape index (κ1) is 86.5. The average molecular weight is 1370 g/mol. The summed E-state index contributed by atoms with van der Waals surface area (Å²) in [6.07, 6.45) is 2.44. The van der Waals surface area contributed by atoms with Crippen molar-refractivity contribution < 1.29 is 72.1 Å². The Balaban J connectivity index is 3.15. The van der Waals surface area contributed by atoms with Gasteiger partial charge in [-0.1, -0.05) is 101 Å². The number of likely N-dealkylation sites (N-methyl/N-ethyl adjacent to an activating group) is 7. The maximum atomic E-state index is 15.5. The second-order valence-corrected chi connectivity index (χ2v) is 28.2. The van der Waals surface area contributed by atoms with Crippen LogP contribution in [0.1, 0.15) is 143 Å². The molecule has 5 N–H and O–H groups in total. The third-order valence-electron chi connectivity index (χ3n) is 18.3. The Bertz CT molecular complexity index is 2650. The van der Waals surface area contributed by atoms with Gasteiger partial charge in [-0.25, -0.2) is 0 Å². The van der Waals surface area contributed by atoms with Crippen LogP contribution in [0.4, 0.5) is 0 Å². The molecule has 0 aromatic carbocycles. The van der Waals surface area contributed by atoms with Gasteiger partial charge in [0.25, 0.3) is 0 Å². The zero-order valence-electron chi connectivity index (χ0n) is 62.8. The third-order valence-corrected chi connectivity index (χ3v) is 18.3. The molecule has 14 atom stereocenters. The molecule has 2 aliphatic rings. The Morgan fingerprint density at radius 1 is 0.546 bits per heavy atom. The molecule has 0 aromatic heterocycles. The van der Waals surface area contributed by atoms with Gasteiger partial charge in [-0.2, -0.15) is 0 Å². The van der Waals surface area contributed by atoms with E-state index in [-0.39, 0.29) is 63.2 Å². The quantitative estimate of drug-likeness (QED) is 0.0768. The number of carbonyl (C=O) groups excluding carboxylic acids is 11. The Hall–Kier alpha value is -6.55. The number of ether oxygens (including phenoxy) is 3. The Morgan fingerprint density at radius 2 is 1.02 bits per heavy atom. The molecule has 0 aromatic rings. The molecule has 0 saturated carbocycles. The van der Waals surface area contributed by atoms with Gasteiger partial charge < -0.3 is 74.9 Å². The number of nitrogens with one attached hydrogen (secondary N) is 4. The predicted molar refractivity (Wildman–Crippen MR) is 372 cm³/mol. The number of nitrogens with zero attached hydrogens (tertiary/aromatic N) is 8. The molecule has 97 heavy (non-hydrogen) atoms. The number of carbonyl (C=O) groups is 11. The third kappa shape index (κ3) is 24.4. The fourth-order valence-corrected chi connectivity index (χ4v) is 12.5. The number of allylic oxidation sites excluding steroid dienone is 1. The van der Waals surface area contributed by atoms with Crippen molar-refractivity contribution in [2.75, 3.05) is 101 Å². The van der Waals surface area contributed by atoms with Crippen molar-refractivity contribution in [3.63, 3.8) is 0 Å². The highest BCUT2D eigenvalue weighted by Crippen LogP contribution is 2.26. The van der Waals surface area contributed by atoms with Crippen molar-refractivity contribution in [2.45, 2.75) is 222 Å². The number of aliphatic hydroxyl groups is 1. The molecule has 0 bridgehead atoms. The molecule has 0 radical (unpaired) electrons. The Kier molecular flexibility index (Phi) is 36.7. The summed E-state index contributed by atoms with van der Waals surface area (Å²) in [6.45, 7) is 35.2. The minimum absolute atomic E-state index is 0.0571. The van der Waals surface area contributed by atoms with Crippen molar-refractivity contribution in [3.05, 3.63) is 24.8 Å². The SMILES string of the molecule is C=CCOC[C@@H]1C(=O)N(C)C([C@@H](C)OCCN2CCOCC2)C(=O)N[C@@H](C(C)C)C(=O)N(C)[C@@H](CC(C)C)C(=O)N[C@@H](C)C(=O)N[C@H](C)C(=O)N(C)[C@@H](CC(C)C)C(=O)N(C)[C@@H](CC(C)C)C(=O)N(C)[C@@H](C(C)C)C(=O)N(C)[C@@H]([C@H](O)[C@H](C)/C=C/C)C(=O)N[C@@H](CC)C(=O)N1CC. The molecule has 2 aliphatic heterocycles. The van der Waals surface area contributed by atoms with Gasteiger partial charge in [0, 0.05) is 74.4 Å². The van der Waals surface area contributed by atoms with Crippen LogP contribution in [0.2, 0.25) is 0 Å². The van der Waals surface area contributed by atoms with Crippen LogP contribution in [-0.2, 0) is 67.0 Å². The highest BCUT2D eigenvalue weighted by Gasteiger charge is 2.47. The summed E-state index contributed by atoms with van der Waals surface area (Å²) in [5.74, 6) is -10.6. The smallest absolute Gasteiger partial charge is 0.248 e. The highest BCUT2D eigenvalue weighted by atomic mass is 16.5. The van der Waals surface area contributed by atoms with E-state index in [4.69, 9.17) is 14.2 Å². The fourth-order valence-electron chi connectivity index (χ4n) is 12.5. The van der Waals surface area contributed by atoms with E-state index < -0.39 is 168 Å². The minimum atomic E-state index is -1.70. The molecule has 554 valence electrons. The number of hydrogen-bond donors (Lipinski definition) is 5. The minimum Gasteiger partial charge on any atom is -0.390 e. The summed E-state index contributed by atoms with van der Waals surface area (Å²) in [7, 11) is 8.45. The topological polar surface area (TPSA) is 310 Å². The first-order valence-corrected chi connectivity index (χ1v) is 34.8. The lowest BCUT2D eigenvalue weighted by molar-refractivity contribution is -0.158. The number of aliphatic hydroxyl groups excluding tert-OH is 1. The van der Waals surface area contributed by atoms with Crippen LogP contribution < -0.4 is 21.3 Å². The number of hydrogen-bond acceptors (Lipinski definition) is 16. The maximum Gasteiger partial charge on any atom is 0.248 e. The number of rotatable bonds is 22. The molecule has 1 unspecified atom stereocenters. The molecule has 0 aliphatic carbocycles. The molecule has 0 spiro atoms. The van der Waals surface area contributed by atoms with E-state index in [1.54, 1.807) is 74.5 Å². The van der Waals surface area contributed by atoms with Gasteiger partial charge in [0.15, 0.2) is 0 Å². The summed E-state index contributed by atoms with van der Waals surface area (Å²) in [5, 5.41) is 23.3. The van der Waals surface area contributed by atoms with Gasteiger partial charge in [0.1, 0.15) is 66.5 Å². The molecule has 27 nitrogen and oxygen atoms in total. The van der Waals surface area contributed by atoms with Gasteiger partial charge in [-0.3, -0.25) is 57.6 Å². The van der Waals surface area contributed by atoms with Crippen LogP contribution in [0.25, 0.3) is 0 Å². The molecule has 2 saturated heterocycles. The van der Waals surface area contributed by atoms with Crippen molar-refractivity contribution >= 4 is 65.0 Å². The summed E-state index contributed by atoms with van der Waals surface area (Å²) in [4.78, 5) is 176. The van der Waals surface area contributed by atoms with E-state index in [2.05, 4.69) is 32.7 Å². The van der Waals surface area contributed by atoms with Crippen molar-refractivity contribution in [1.82, 2.24) is 60.5 Å². The van der Waals surface area contributed by atoms with Crippen LogP contribution in [0.15, 0.2) is 24.8 Å². The largest absolute Gasteiger partial charge is 0.390 e. The standard InChI is InChI=1S/C70H124N12O15/c1-25-29-46(15)59(83)58-63(87)73-50(27-3)65(89)82(28-4)54(40-96-33-26-2)68(92)79(23)57(49(18)97-36-32-81-30-34-95-35-31-81)62(86)74-55(44(11)12)69(93)75(19)51(37-41(5)6)61(85)71-47(16)60(84)72-48(17)64(88)76(20)52(38-42(7)8)66(90)77(21)53(39-43(9)10)67(91)78(22)56(45(13)14)70(94)80(58)24/h25-26,29,41-59,83H,2,27-28,30-40H2,1,3-24H3,(H,71,85)(H,72,84)(H,73,87)(H,74,86)/b29-25+/t46-,47+,48-,49-,50+,51+,52+,53+,54-,55+,56+,57?,58+,59-/m1/s1. The van der Waals surface area contributed by atoms with E-state index in [0.29, 0.717) is 32.8 Å². The molecule has 2 heterocycles. The normalized spacial score (nSPS) is 27.2. The summed E-state index contributed by atoms with van der Waals surface area (Å²) >= 11 is 0. The summed E-state index contributed by atoms with van der Waals surface area (Å²) < 4.78 is 17.9. The maximum absolute atomic E-state index is 15.5. The molecule has 27 heteroatoms. The summed E-state index contributed by atoms with van der Waals surface area (Å²) in [5.41, 5.74) is 0. The zero-order valence-corrected chi connectivity index (χ0v) is 62.8. The van der Waals surface area contributed by atoms with Gasteiger partial charge in [-0.15, -0.1) is 6.58 Å². The average Bonchev–Trinajstić information content (AvgIpc) is 0.857. The van der Waals surface area contributed by atoms with Crippen LogP contribution >= 0.6 is 0 Å². The van der Waals surface area contributed by atoms with Crippen molar-refractivity contribution in [2.24, 2.45) is 35.5 Å². The van der Waals surface area contributed by atoms with Gasteiger partial charge >= 0.3 is 0 Å². The van der Waals surface area contributed by atoms with Crippen molar-refractivity contribution in [3.8, 4) is 0 Å². The Morgan fingerprint density at radius 3 is 1.52 bits per heavy atom.